The molecule has 0 saturated heterocycles. The molecule has 1 atom stereocenters. The Morgan fingerprint density at radius 1 is 1.04 bits per heavy atom. The molecule has 28 heavy (non-hydrogen) atoms. The molecule has 1 heterocycles. The number of hydrogen-bond donors (Lipinski definition) is 0. The van der Waals surface area contributed by atoms with E-state index >= 15 is 0 Å². The molecule has 1 aliphatic heterocycles. The van der Waals surface area contributed by atoms with Crippen LogP contribution in [-0.4, -0.2) is 49.1 Å². The van der Waals surface area contributed by atoms with Crippen molar-refractivity contribution < 1.29 is 23.8 Å². The normalized spacial score (nSPS) is 17.9. The second-order valence-electron chi connectivity index (χ2n) is 6.79. The molecule has 1 unspecified atom stereocenters. The van der Waals surface area contributed by atoms with Gasteiger partial charge in [-0.25, -0.2) is 9.59 Å². The number of esters is 2. The lowest BCUT2D eigenvalue weighted by Gasteiger charge is -2.28. The monoisotopic (exact) mass is 408 g/mol. The Kier molecular flexibility index (Phi) is 7.07. The van der Waals surface area contributed by atoms with E-state index in [1.807, 2.05) is 27.7 Å². The van der Waals surface area contributed by atoms with Crippen LogP contribution in [0.3, 0.4) is 0 Å². The molecule has 152 valence electrons. The van der Waals surface area contributed by atoms with Gasteiger partial charge in [-0.2, -0.15) is 0 Å². The van der Waals surface area contributed by atoms with Gasteiger partial charge in [0.05, 0.1) is 14.2 Å². The number of halogens is 1. The third-order valence-corrected chi connectivity index (χ3v) is 4.46. The minimum atomic E-state index is -0.862. The summed E-state index contributed by atoms with van der Waals surface area (Å²) in [6, 6.07) is 6.89. The Hall–Kier alpha value is -2.54. The van der Waals surface area contributed by atoms with Crippen LogP contribution in [0.4, 0.5) is 0 Å². The predicted octanol–water partition coefficient (Wildman–Crippen LogP) is 3.49. The Morgan fingerprint density at radius 2 is 1.57 bits per heavy atom. The molecular weight excluding hydrogens is 384 g/mol. The molecule has 2 rings (SSSR count). The van der Waals surface area contributed by atoms with E-state index in [1.54, 1.807) is 29.3 Å². The zero-order chi connectivity index (χ0) is 21.0. The number of carbonyl (C=O) groups is 2. The minimum absolute atomic E-state index is 0.0228. The highest BCUT2D eigenvalue weighted by atomic mass is 35.5. The zero-order valence-corrected chi connectivity index (χ0v) is 17.6. The number of ether oxygens (including phenoxy) is 3. The minimum Gasteiger partial charge on any atom is -0.466 e. The molecule has 0 bridgehead atoms. The van der Waals surface area contributed by atoms with Crippen LogP contribution in [0.25, 0.3) is 0 Å². The van der Waals surface area contributed by atoms with Crippen LogP contribution in [0.1, 0.15) is 39.4 Å². The van der Waals surface area contributed by atoms with Crippen molar-refractivity contribution in [3.63, 3.8) is 0 Å². The standard InChI is InChI=1S/C20H25ClN2O5/c1-11(2)23(12(3)4)22-18-16(20(25)27-6)15(19(24)26-5)17(28-18)13-7-9-14(21)10-8-13/h7-12,17H,1-6H3/b22-18-. The topological polar surface area (TPSA) is 77.4 Å². The highest BCUT2D eigenvalue weighted by molar-refractivity contribution is 6.30. The van der Waals surface area contributed by atoms with Crippen molar-refractivity contribution in [2.75, 3.05) is 14.2 Å². The van der Waals surface area contributed by atoms with E-state index in [0.717, 1.165) is 0 Å². The van der Waals surface area contributed by atoms with Gasteiger partial charge in [-0.15, -0.1) is 5.10 Å². The van der Waals surface area contributed by atoms with E-state index in [-0.39, 0.29) is 29.1 Å². The average Bonchev–Trinajstić information content (AvgIpc) is 3.04. The molecule has 0 aromatic heterocycles. The zero-order valence-electron chi connectivity index (χ0n) is 16.9. The first kappa shape index (κ1) is 21.8. The maximum atomic E-state index is 12.5. The SMILES string of the molecule is COC(=O)C1=C(C(=O)OC)C(c2ccc(Cl)cc2)O/C1=N\N(C(C)C)C(C)C. The van der Waals surface area contributed by atoms with Gasteiger partial charge >= 0.3 is 11.9 Å². The van der Waals surface area contributed by atoms with Gasteiger partial charge in [0.25, 0.3) is 0 Å². The molecule has 0 fully saturated rings. The van der Waals surface area contributed by atoms with Gasteiger partial charge in [0, 0.05) is 17.1 Å². The Morgan fingerprint density at radius 3 is 2.04 bits per heavy atom. The second-order valence-corrected chi connectivity index (χ2v) is 7.23. The summed E-state index contributed by atoms with van der Waals surface area (Å²) in [5, 5.41) is 6.85. The summed E-state index contributed by atoms with van der Waals surface area (Å²) in [5.41, 5.74) is 0.639. The number of hydrazone groups is 1. The molecule has 0 spiro atoms. The van der Waals surface area contributed by atoms with Crippen LogP contribution >= 0.6 is 11.6 Å². The molecule has 8 heteroatoms. The first-order valence-corrected chi connectivity index (χ1v) is 9.29. The van der Waals surface area contributed by atoms with Crippen LogP contribution in [0.5, 0.6) is 0 Å². The maximum absolute atomic E-state index is 12.5. The number of nitrogens with zero attached hydrogens (tertiary/aromatic N) is 2. The van der Waals surface area contributed by atoms with Gasteiger partial charge in [-0.1, -0.05) is 23.7 Å². The van der Waals surface area contributed by atoms with Crippen molar-refractivity contribution >= 4 is 29.4 Å². The lowest BCUT2D eigenvalue weighted by molar-refractivity contribution is -0.139. The quantitative estimate of drug-likeness (QED) is 0.529. The molecule has 1 aromatic rings. The maximum Gasteiger partial charge on any atom is 0.344 e. The lowest BCUT2D eigenvalue weighted by atomic mass is 9.99. The van der Waals surface area contributed by atoms with Gasteiger partial charge in [0.2, 0.25) is 5.90 Å². The number of carbonyl (C=O) groups excluding carboxylic acids is 2. The number of hydrogen-bond acceptors (Lipinski definition) is 7. The summed E-state index contributed by atoms with van der Waals surface area (Å²) in [6.07, 6.45) is -0.862. The lowest BCUT2D eigenvalue weighted by Crippen LogP contribution is -2.34. The van der Waals surface area contributed by atoms with Gasteiger partial charge < -0.3 is 14.2 Å². The van der Waals surface area contributed by atoms with Crippen molar-refractivity contribution in [3.8, 4) is 0 Å². The summed E-state index contributed by atoms with van der Waals surface area (Å²) < 4.78 is 15.8. The number of rotatable bonds is 6. The van der Waals surface area contributed by atoms with Crippen LogP contribution in [0.15, 0.2) is 40.5 Å². The van der Waals surface area contributed by atoms with Crippen molar-refractivity contribution in [2.24, 2.45) is 5.10 Å². The van der Waals surface area contributed by atoms with Gasteiger partial charge in [-0.3, -0.25) is 5.01 Å². The highest BCUT2D eigenvalue weighted by Gasteiger charge is 2.43. The largest absolute Gasteiger partial charge is 0.466 e. The molecular formula is C20H25ClN2O5. The van der Waals surface area contributed by atoms with Crippen LogP contribution in [-0.2, 0) is 23.8 Å². The molecule has 7 nitrogen and oxygen atoms in total. The van der Waals surface area contributed by atoms with E-state index in [9.17, 15) is 9.59 Å². The predicted molar refractivity (Wildman–Crippen MR) is 106 cm³/mol. The Balaban J connectivity index is 2.66. The van der Waals surface area contributed by atoms with Crippen molar-refractivity contribution in [1.82, 2.24) is 5.01 Å². The average molecular weight is 409 g/mol. The van der Waals surface area contributed by atoms with Crippen LogP contribution in [0, 0.1) is 0 Å². The van der Waals surface area contributed by atoms with E-state index in [2.05, 4.69) is 5.10 Å². The smallest absolute Gasteiger partial charge is 0.344 e. The summed E-state index contributed by atoms with van der Waals surface area (Å²) in [6.45, 7) is 7.88. The van der Waals surface area contributed by atoms with Crippen molar-refractivity contribution in [1.29, 1.82) is 0 Å². The van der Waals surface area contributed by atoms with Crippen molar-refractivity contribution in [3.05, 3.63) is 46.0 Å². The molecule has 0 aliphatic carbocycles. The van der Waals surface area contributed by atoms with Crippen molar-refractivity contribution in [2.45, 2.75) is 45.9 Å². The molecule has 1 aromatic carbocycles. The van der Waals surface area contributed by atoms with Crippen LogP contribution < -0.4 is 0 Å². The molecule has 0 amide bonds. The Labute approximate surface area is 169 Å². The summed E-state index contributed by atoms with van der Waals surface area (Å²) in [7, 11) is 2.48. The van der Waals surface area contributed by atoms with E-state index in [4.69, 9.17) is 25.8 Å². The fraction of sp³-hybridized carbons (Fsp3) is 0.450. The van der Waals surface area contributed by atoms with E-state index < -0.39 is 18.0 Å². The second kappa shape index (κ2) is 9.10. The highest BCUT2D eigenvalue weighted by Crippen LogP contribution is 2.38. The fourth-order valence-electron chi connectivity index (χ4n) is 2.97. The van der Waals surface area contributed by atoms with E-state index in [1.165, 1.54) is 14.2 Å². The Bertz CT molecular complexity index is 791. The van der Waals surface area contributed by atoms with Gasteiger partial charge in [-0.05, 0) is 45.4 Å². The molecule has 0 saturated carbocycles. The molecule has 1 aliphatic rings. The summed E-state index contributed by atoms with van der Waals surface area (Å²) >= 11 is 5.96. The third kappa shape index (κ3) is 4.47. The van der Waals surface area contributed by atoms with Gasteiger partial charge in [0.15, 0.2) is 6.10 Å². The summed E-state index contributed by atoms with van der Waals surface area (Å²) in [4.78, 5) is 25.1. The van der Waals surface area contributed by atoms with Gasteiger partial charge in [0.1, 0.15) is 11.1 Å². The number of benzene rings is 1. The van der Waals surface area contributed by atoms with Crippen LogP contribution in [0.2, 0.25) is 5.02 Å². The van der Waals surface area contributed by atoms with E-state index in [0.29, 0.717) is 10.6 Å². The first-order valence-electron chi connectivity index (χ1n) is 8.91. The first-order chi connectivity index (χ1) is 13.2. The molecule has 0 radical (unpaired) electrons. The number of methoxy groups -OCH3 is 2. The summed E-state index contributed by atoms with van der Waals surface area (Å²) in [5.74, 6) is -1.39. The third-order valence-electron chi connectivity index (χ3n) is 4.21. The molecule has 0 N–H and O–H groups in total. The fourth-order valence-corrected chi connectivity index (χ4v) is 3.10.